The molecule has 3 aromatic rings. The van der Waals surface area contributed by atoms with Crippen molar-refractivity contribution in [1.82, 2.24) is 4.98 Å². The first kappa shape index (κ1) is 23.1. The maximum atomic E-state index is 5.87. The fourth-order valence-corrected chi connectivity index (χ4v) is 3.82. The van der Waals surface area contributed by atoms with Gasteiger partial charge in [0.25, 0.3) is 0 Å². The molecule has 0 aliphatic heterocycles. The molecule has 1 heterocycles. The van der Waals surface area contributed by atoms with E-state index in [4.69, 9.17) is 4.74 Å². The summed E-state index contributed by atoms with van der Waals surface area (Å²) >= 11 is 0. The standard InChI is InChI=1S/C29H37NO/c1-4-6-8-9-21-31-29-19-16-26(17-20-29)25-13-11-24(12-14-25)23(3)27-15-18-28(30-22-27)10-7-5-2/h11-20,22-23H,4-10,21H2,1-3H3. The Morgan fingerprint density at radius 1 is 0.710 bits per heavy atom. The van der Waals surface area contributed by atoms with Crippen LogP contribution in [-0.2, 0) is 6.42 Å². The average Bonchev–Trinajstić information content (AvgIpc) is 2.83. The lowest BCUT2D eigenvalue weighted by Gasteiger charge is -2.14. The Labute approximate surface area is 188 Å². The summed E-state index contributed by atoms with van der Waals surface area (Å²) in [5, 5.41) is 0. The van der Waals surface area contributed by atoms with Gasteiger partial charge in [-0.3, -0.25) is 4.98 Å². The number of aryl methyl sites for hydroxylation is 1. The molecule has 0 spiro atoms. The Morgan fingerprint density at radius 3 is 1.97 bits per heavy atom. The molecule has 2 heteroatoms. The van der Waals surface area contributed by atoms with Gasteiger partial charge in [0.15, 0.2) is 0 Å². The van der Waals surface area contributed by atoms with Gasteiger partial charge in [-0.25, -0.2) is 0 Å². The lowest BCUT2D eigenvalue weighted by molar-refractivity contribution is 0.305. The van der Waals surface area contributed by atoms with Crippen LogP contribution < -0.4 is 4.74 Å². The van der Waals surface area contributed by atoms with Crippen LogP contribution in [0.4, 0.5) is 0 Å². The van der Waals surface area contributed by atoms with Gasteiger partial charge in [0.05, 0.1) is 6.61 Å². The predicted octanol–water partition coefficient (Wildman–Crippen LogP) is 8.20. The highest BCUT2D eigenvalue weighted by Gasteiger charge is 2.10. The highest BCUT2D eigenvalue weighted by molar-refractivity contribution is 5.64. The van der Waals surface area contributed by atoms with Gasteiger partial charge < -0.3 is 4.74 Å². The van der Waals surface area contributed by atoms with Crippen LogP contribution in [-0.4, -0.2) is 11.6 Å². The first-order valence-corrected chi connectivity index (χ1v) is 12.0. The number of hydrogen-bond donors (Lipinski definition) is 0. The number of nitrogens with zero attached hydrogens (tertiary/aromatic N) is 1. The maximum Gasteiger partial charge on any atom is 0.119 e. The number of pyridine rings is 1. The number of hydrogen-bond acceptors (Lipinski definition) is 2. The van der Waals surface area contributed by atoms with Crippen molar-refractivity contribution in [1.29, 1.82) is 0 Å². The van der Waals surface area contributed by atoms with Gasteiger partial charge in [-0.2, -0.15) is 0 Å². The second kappa shape index (κ2) is 12.3. The molecule has 2 aromatic carbocycles. The zero-order chi connectivity index (χ0) is 21.9. The number of unbranched alkanes of at least 4 members (excludes halogenated alkanes) is 4. The molecule has 0 radical (unpaired) electrons. The van der Waals surface area contributed by atoms with Gasteiger partial charge in [0, 0.05) is 17.8 Å². The molecule has 0 fully saturated rings. The third-order valence-corrected chi connectivity index (χ3v) is 6.00. The van der Waals surface area contributed by atoms with Crippen molar-refractivity contribution >= 4 is 0 Å². The molecule has 2 nitrogen and oxygen atoms in total. The van der Waals surface area contributed by atoms with E-state index in [1.807, 2.05) is 6.20 Å². The summed E-state index contributed by atoms with van der Waals surface area (Å²) < 4.78 is 5.87. The summed E-state index contributed by atoms with van der Waals surface area (Å²) in [6, 6.07) is 21.8. The summed E-state index contributed by atoms with van der Waals surface area (Å²) in [6.07, 6.45) is 10.5. The minimum Gasteiger partial charge on any atom is -0.494 e. The van der Waals surface area contributed by atoms with E-state index in [0.717, 1.165) is 25.2 Å². The van der Waals surface area contributed by atoms with Crippen molar-refractivity contribution in [2.24, 2.45) is 0 Å². The molecule has 31 heavy (non-hydrogen) atoms. The van der Waals surface area contributed by atoms with Crippen molar-refractivity contribution in [3.05, 3.63) is 83.7 Å². The topological polar surface area (TPSA) is 22.1 Å². The summed E-state index contributed by atoms with van der Waals surface area (Å²) in [5.74, 6) is 1.30. The molecule has 3 rings (SSSR count). The monoisotopic (exact) mass is 415 g/mol. The molecule has 0 aliphatic rings. The van der Waals surface area contributed by atoms with Crippen molar-refractivity contribution < 1.29 is 4.74 Å². The number of aromatic nitrogens is 1. The maximum absolute atomic E-state index is 5.87. The Kier molecular flexibility index (Phi) is 9.15. The Balaban J connectivity index is 1.58. The molecule has 1 aromatic heterocycles. The molecule has 0 amide bonds. The van der Waals surface area contributed by atoms with Crippen LogP contribution in [0.5, 0.6) is 5.75 Å². The summed E-state index contributed by atoms with van der Waals surface area (Å²) in [4.78, 5) is 4.66. The molecule has 0 saturated carbocycles. The van der Waals surface area contributed by atoms with Crippen LogP contribution in [0, 0.1) is 0 Å². The Hall–Kier alpha value is -2.61. The highest BCUT2D eigenvalue weighted by atomic mass is 16.5. The number of ether oxygens (including phenoxy) is 1. The average molecular weight is 416 g/mol. The second-order valence-corrected chi connectivity index (χ2v) is 8.46. The first-order chi connectivity index (χ1) is 15.2. The van der Waals surface area contributed by atoms with Crippen molar-refractivity contribution in [3.8, 4) is 16.9 Å². The van der Waals surface area contributed by atoms with Gasteiger partial charge >= 0.3 is 0 Å². The van der Waals surface area contributed by atoms with Crippen molar-refractivity contribution in [3.63, 3.8) is 0 Å². The summed E-state index contributed by atoms with van der Waals surface area (Å²) in [6.45, 7) is 7.51. The van der Waals surface area contributed by atoms with Crippen LogP contribution in [0.15, 0.2) is 66.9 Å². The number of rotatable bonds is 12. The number of benzene rings is 2. The summed E-state index contributed by atoms with van der Waals surface area (Å²) in [7, 11) is 0. The third-order valence-electron chi connectivity index (χ3n) is 6.00. The smallest absolute Gasteiger partial charge is 0.119 e. The van der Waals surface area contributed by atoms with E-state index >= 15 is 0 Å². The molecule has 0 bridgehead atoms. The Bertz CT molecular complexity index is 882. The van der Waals surface area contributed by atoms with Gasteiger partial charge in [-0.1, -0.05) is 88.9 Å². The summed E-state index contributed by atoms with van der Waals surface area (Å²) in [5.41, 5.74) is 6.24. The van der Waals surface area contributed by atoms with E-state index in [1.54, 1.807) is 0 Å². The van der Waals surface area contributed by atoms with Crippen LogP contribution in [0.2, 0.25) is 0 Å². The lowest BCUT2D eigenvalue weighted by Crippen LogP contribution is -1.99. The molecule has 0 aliphatic carbocycles. The highest BCUT2D eigenvalue weighted by Crippen LogP contribution is 2.28. The van der Waals surface area contributed by atoms with Crippen LogP contribution in [0.25, 0.3) is 11.1 Å². The van der Waals surface area contributed by atoms with Crippen LogP contribution >= 0.6 is 0 Å². The fourth-order valence-electron chi connectivity index (χ4n) is 3.82. The minimum atomic E-state index is 0.338. The third kappa shape index (κ3) is 6.95. The quantitative estimate of drug-likeness (QED) is 0.278. The second-order valence-electron chi connectivity index (χ2n) is 8.46. The van der Waals surface area contributed by atoms with E-state index in [1.165, 1.54) is 60.1 Å². The largest absolute Gasteiger partial charge is 0.494 e. The molecular weight excluding hydrogens is 378 g/mol. The van der Waals surface area contributed by atoms with E-state index < -0.39 is 0 Å². The lowest BCUT2D eigenvalue weighted by atomic mass is 9.92. The molecule has 1 unspecified atom stereocenters. The predicted molar refractivity (Wildman–Crippen MR) is 132 cm³/mol. The van der Waals surface area contributed by atoms with Crippen molar-refractivity contribution in [2.75, 3.05) is 6.61 Å². The SMILES string of the molecule is CCCCCCOc1ccc(-c2ccc(C(C)c3ccc(CCCC)nc3)cc2)cc1. The van der Waals surface area contributed by atoms with Crippen molar-refractivity contribution in [2.45, 2.75) is 71.6 Å². The van der Waals surface area contributed by atoms with Crippen LogP contribution in [0.3, 0.4) is 0 Å². The minimum absolute atomic E-state index is 0.338. The zero-order valence-electron chi connectivity index (χ0n) is 19.4. The van der Waals surface area contributed by atoms with E-state index in [0.29, 0.717) is 5.92 Å². The van der Waals surface area contributed by atoms with Gasteiger partial charge in [-0.05, 0) is 59.7 Å². The van der Waals surface area contributed by atoms with Gasteiger partial charge in [0.2, 0.25) is 0 Å². The first-order valence-electron chi connectivity index (χ1n) is 12.0. The van der Waals surface area contributed by atoms with E-state index in [9.17, 15) is 0 Å². The normalized spacial score (nSPS) is 12.0. The Morgan fingerprint density at radius 2 is 1.35 bits per heavy atom. The molecule has 1 atom stereocenters. The van der Waals surface area contributed by atoms with E-state index in [2.05, 4.69) is 86.4 Å². The van der Waals surface area contributed by atoms with E-state index in [-0.39, 0.29) is 0 Å². The van der Waals surface area contributed by atoms with Crippen LogP contribution in [0.1, 0.15) is 82.0 Å². The molecule has 164 valence electrons. The fraction of sp³-hybridized carbons (Fsp3) is 0.414. The van der Waals surface area contributed by atoms with Gasteiger partial charge in [-0.15, -0.1) is 0 Å². The van der Waals surface area contributed by atoms with Gasteiger partial charge in [0.1, 0.15) is 5.75 Å². The zero-order valence-corrected chi connectivity index (χ0v) is 19.4. The molecular formula is C29H37NO. The molecule has 0 N–H and O–H groups in total. The molecule has 0 saturated heterocycles.